The smallest absolute Gasteiger partial charge is 0.188 e. The Balaban J connectivity index is 2.50. The molecule has 16 heavy (non-hydrogen) atoms. The summed E-state index contributed by atoms with van der Waals surface area (Å²) in [6, 6.07) is 4.41. The summed E-state index contributed by atoms with van der Waals surface area (Å²) in [5.74, 6) is -0.599. The van der Waals surface area contributed by atoms with Gasteiger partial charge in [0, 0.05) is 12.7 Å². The molecule has 0 aliphatic rings. The number of aryl methyl sites for hydroxylation is 1. The molecule has 0 aliphatic heterocycles. The van der Waals surface area contributed by atoms with E-state index in [0.29, 0.717) is 24.3 Å². The number of carbonyl (C=O) groups is 1. The van der Waals surface area contributed by atoms with E-state index in [2.05, 4.69) is 0 Å². The normalized spacial score (nSPS) is 10.4. The molecular formula is C12H15FO3. The first-order chi connectivity index (χ1) is 7.65. The minimum atomic E-state index is -0.372. The van der Waals surface area contributed by atoms with Crippen molar-refractivity contribution >= 4 is 5.78 Å². The van der Waals surface area contributed by atoms with Crippen LogP contribution < -0.4 is 0 Å². The molecule has 1 aromatic rings. The lowest BCUT2D eigenvalue weighted by Crippen LogP contribution is -2.12. The molecule has 0 heterocycles. The van der Waals surface area contributed by atoms with Crippen molar-refractivity contribution in [2.75, 3.05) is 26.9 Å². The van der Waals surface area contributed by atoms with Gasteiger partial charge in [-0.1, -0.05) is 12.1 Å². The van der Waals surface area contributed by atoms with E-state index in [1.54, 1.807) is 26.2 Å². The first-order valence-electron chi connectivity index (χ1n) is 5.01. The van der Waals surface area contributed by atoms with Crippen LogP contribution in [0.25, 0.3) is 0 Å². The summed E-state index contributed by atoms with van der Waals surface area (Å²) in [5, 5.41) is 0. The van der Waals surface area contributed by atoms with Crippen LogP contribution in [-0.2, 0) is 9.47 Å². The topological polar surface area (TPSA) is 35.5 Å². The average molecular weight is 226 g/mol. The van der Waals surface area contributed by atoms with Crippen molar-refractivity contribution in [2.24, 2.45) is 0 Å². The Bertz CT molecular complexity index is 363. The van der Waals surface area contributed by atoms with Gasteiger partial charge in [-0.05, 0) is 18.6 Å². The van der Waals surface area contributed by atoms with Gasteiger partial charge >= 0.3 is 0 Å². The minimum absolute atomic E-state index is 0.0497. The van der Waals surface area contributed by atoms with Crippen LogP contribution >= 0.6 is 0 Å². The molecule has 0 aliphatic carbocycles. The Kier molecular flexibility index (Phi) is 5.08. The Morgan fingerprint density at radius 2 is 2.12 bits per heavy atom. The SMILES string of the molecule is COCCOCC(=O)c1ccc(C)c(F)c1. The first-order valence-corrected chi connectivity index (χ1v) is 5.01. The van der Waals surface area contributed by atoms with Crippen molar-refractivity contribution in [3.63, 3.8) is 0 Å². The fraction of sp³-hybridized carbons (Fsp3) is 0.417. The summed E-state index contributed by atoms with van der Waals surface area (Å²) in [4.78, 5) is 11.5. The number of carbonyl (C=O) groups excluding carboxylic acids is 1. The number of Topliss-reactive ketones (excluding diaryl/α,β-unsaturated/α-hetero) is 1. The third-order valence-corrected chi connectivity index (χ3v) is 2.16. The zero-order valence-electron chi connectivity index (χ0n) is 9.46. The highest BCUT2D eigenvalue weighted by Gasteiger charge is 2.08. The number of hydrogen-bond donors (Lipinski definition) is 0. The summed E-state index contributed by atoms with van der Waals surface area (Å²) >= 11 is 0. The maximum Gasteiger partial charge on any atom is 0.188 e. The number of rotatable bonds is 6. The molecule has 0 saturated carbocycles. The molecule has 0 N–H and O–H groups in total. The van der Waals surface area contributed by atoms with E-state index >= 15 is 0 Å². The minimum Gasteiger partial charge on any atom is -0.382 e. The lowest BCUT2D eigenvalue weighted by atomic mass is 10.1. The van der Waals surface area contributed by atoms with Crippen LogP contribution in [0.1, 0.15) is 15.9 Å². The monoisotopic (exact) mass is 226 g/mol. The second kappa shape index (κ2) is 6.35. The second-order valence-corrected chi connectivity index (χ2v) is 3.43. The summed E-state index contributed by atoms with van der Waals surface area (Å²) in [5.41, 5.74) is 0.859. The first kappa shape index (κ1) is 12.8. The van der Waals surface area contributed by atoms with Crippen LogP contribution in [0.4, 0.5) is 4.39 Å². The maximum absolute atomic E-state index is 13.2. The zero-order chi connectivity index (χ0) is 12.0. The van der Waals surface area contributed by atoms with Gasteiger partial charge in [-0.15, -0.1) is 0 Å². The summed E-state index contributed by atoms with van der Waals surface area (Å²) in [7, 11) is 1.56. The molecule has 0 saturated heterocycles. The third-order valence-electron chi connectivity index (χ3n) is 2.16. The van der Waals surface area contributed by atoms with Crippen molar-refractivity contribution in [1.29, 1.82) is 0 Å². The van der Waals surface area contributed by atoms with Crippen molar-refractivity contribution in [1.82, 2.24) is 0 Å². The summed E-state index contributed by atoms with van der Waals surface area (Å²) in [6.45, 7) is 2.40. The molecule has 1 aromatic carbocycles. The second-order valence-electron chi connectivity index (χ2n) is 3.43. The van der Waals surface area contributed by atoms with Crippen LogP contribution in [0.3, 0.4) is 0 Å². The van der Waals surface area contributed by atoms with Gasteiger partial charge < -0.3 is 9.47 Å². The van der Waals surface area contributed by atoms with Crippen molar-refractivity contribution < 1.29 is 18.7 Å². The molecule has 3 nitrogen and oxygen atoms in total. The molecule has 0 atom stereocenters. The summed E-state index contributed by atoms with van der Waals surface area (Å²) in [6.07, 6.45) is 0. The van der Waals surface area contributed by atoms with E-state index in [1.165, 1.54) is 6.07 Å². The van der Waals surface area contributed by atoms with Gasteiger partial charge in [-0.25, -0.2) is 4.39 Å². The molecule has 1 rings (SSSR count). The highest BCUT2D eigenvalue weighted by atomic mass is 19.1. The Hall–Kier alpha value is -1.26. The molecular weight excluding hydrogens is 211 g/mol. The molecule has 0 amide bonds. The van der Waals surface area contributed by atoms with Gasteiger partial charge in [0.25, 0.3) is 0 Å². The van der Waals surface area contributed by atoms with Gasteiger partial charge in [0.05, 0.1) is 13.2 Å². The Morgan fingerprint density at radius 1 is 1.38 bits per heavy atom. The predicted octanol–water partition coefficient (Wildman–Crippen LogP) is 1.98. The fourth-order valence-corrected chi connectivity index (χ4v) is 1.16. The van der Waals surface area contributed by atoms with E-state index < -0.39 is 0 Å². The molecule has 0 bridgehead atoms. The van der Waals surface area contributed by atoms with Crippen LogP contribution in [0, 0.1) is 12.7 Å². The molecule has 0 radical (unpaired) electrons. The molecule has 0 fully saturated rings. The zero-order valence-corrected chi connectivity index (χ0v) is 9.46. The third kappa shape index (κ3) is 3.72. The lowest BCUT2D eigenvalue weighted by molar-refractivity contribution is 0.0576. The average Bonchev–Trinajstić information content (AvgIpc) is 2.28. The van der Waals surface area contributed by atoms with Crippen LogP contribution in [-0.4, -0.2) is 32.7 Å². The highest BCUT2D eigenvalue weighted by molar-refractivity contribution is 5.97. The quantitative estimate of drug-likeness (QED) is 0.549. The van der Waals surface area contributed by atoms with E-state index in [9.17, 15) is 9.18 Å². The van der Waals surface area contributed by atoms with Crippen LogP contribution in [0.15, 0.2) is 18.2 Å². The number of methoxy groups -OCH3 is 1. The summed E-state index contributed by atoms with van der Waals surface area (Å²) < 4.78 is 23.0. The van der Waals surface area contributed by atoms with Gasteiger partial charge in [-0.3, -0.25) is 4.79 Å². The number of hydrogen-bond acceptors (Lipinski definition) is 3. The van der Waals surface area contributed by atoms with Crippen LogP contribution in [0.5, 0.6) is 0 Å². The van der Waals surface area contributed by atoms with E-state index in [1.807, 2.05) is 0 Å². The fourth-order valence-electron chi connectivity index (χ4n) is 1.16. The maximum atomic E-state index is 13.2. The molecule has 88 valence electrons. The predicted molar refractivity (Wildman–Crippen MR) is 58.2 cm³/mol. The molecule has 0 aromatic heterocycles. The number of halogens is 1. The van der Waals surface area contributed by atoms with E-state index in [-0.39, 0.29) is 18.2 Å². The van der Waals surface area contributed by atoms with Gasteiger partial charge in [0.1, 0.15) is 12.4 Å². The van der Waals surface area contributed by atoms with Gasteiger partial charge in [-0.2, -0.15) is 0 Å². The molecule has 4 heteroatoms. The standard InChI is InChI=1S/C12H15FO3/c1-9-3-4-10(7-11(9)13)12(14)8-16-6-5-15-2/h3-4,7H,5-6,8H2,1-2H3. The lowest BCUT2D eigenvalue weighted by Gasteiger charge is -2.04. The van der Waals surface area contributed by atoms with Crippen LogP contribution in [0.2, 0.25) is 0 Å². The Morgan fingerprint density at radius 3 is 2.75 bits per heavy atom. The number of ketones is 1. The number of benzene rings is 1. The highest BCUT2D eigenvalue weighted by Crippen LogP contribution is 2.09. The van der Waals surface area contributed by atoms with Crippen molar-refractivity contribution in [3.05, 3.63) is 35.1 Å². The molecule has 0 unspecified atom stereocenters. The Labute approximate surface area is 94.2 Å². The van der Waals surface area contributed by atoms with Crippen molar-refractivity contribution in [2.45, 2.75) is 6.92 Å². The van der Waals surface area contributed by atoms with E-state index in [0.717, 1.165) is 0 Å². The van der Waals surface area contributed by atoms with Gasteiger partial charge in [0.2, 0.25) is 0 Å². The van der Waals surface area contributed by atoms with Crippen molar-refractivity contribution in [3.8, 4) is 0 Å². The largest absolute Gasteiger partial charge is 0.382 e. The van der Waals surface area contributed by atoms with E-state index in [4.69, 9.17) is 9.47 Å². The van der Waals surface area contributed by atoms with Gasteiger partial charge in [0.15, 0.2) is 5.78 Å². The molecule has 0 spiro atoms. The number of ether oxygens (including phenoxy) is 2.